The van der Waals surface area contributed by atoms with Crippen LogP contribution in [-0.2, 0) is 0 Å². The number of rotatable bonds is 1. The van der Waals surface area contributed by atoms with Gasteiger partial charge in [-0.25, -0.2) is 9.97 Å². The molecule has 0 fully saturated rings. The molecule has 2 rings (SSSR count). The van der Waals surface area contributed by atoms with Crippen molar-refractivity contribution in [2.75, 3.05) is 0 Å². The van der Waals surface area contributed by atoms with Crippen LogP contribution < -0.4 is 0 Å². The lowest BCUT2D eigenvalue weighted by Crippen LogP contribution is -1.88. The summed E-state index contributed by atoms with van der Waals surface area (Å²) in [6.45, 7) is 0. The Kier molecular flexibility index (Phi) is 3.55. The first-order chi connectivity index (χ1) is 7.58. The molecule has 0 radical (unpaired) electrons. The van der Waals surface area contributed by atoms with Gasteiger partial charge < -0.3 is 0 Å². The Labute approximate surface area is 112 Å². The molecule has 82 valence electrons. The first-order valence-electron chi connectivity index (χ1n) is 4.20. The summed E-state index contributed by atoms with van der Waals surface area (Å²) in [6.07, 6.45) is 1.35. The molecule has 16 heavy (non-hydrogen) atoms. The van der Waals surface area contributed by atoms with E-state index in [1.54, 1.807) is 18.2 Å². The van der Waals surface area contributed by atoms with Gasteiger partial charge in [-0.3, -0.25) is 0 Å². The highest BCUT2D eigenvalue weighted by Crippen LogP contribution is 2.36. The maximum atomic E-state index is 6.05. The Balaban J connectivity index is 2.64. The minimum absolute atomic E-state index is 0.326. The van der Waals surface area contributed by atoms with Crippen LogP contribution in [0.15, 0.2) is 24.5 Å². The lowest BCUT2D eigenvalue weighted by Gasteiger charge is -2.06. The molecule has 0 unspecified atom stereocenters. The Morgan fingerprint density at radius 3 is 2.00 bits per heavy atom. The molecule has 0 aliphatic carbocycles. The zero-order valence-electron chi connectivity index (χ0n) is 7.72. The summed E-state index contributed by atoms with van der Waals surface area (Å²) in [4.78, 5) is 7.84. The molecule has 0 atom stereocenters. The van der Waals surface area contributed by atoms with E-state index in [1.807, 2.05) is 0 Å². The normalized spacial score (nSPS) is 10.5. The van der Waals surface area contributed by atoms with Crippen molar-refractivity contribution >= 4 is 46.4 Å². The second kappa shape index (κ2) is 4.76. The second-order valence-electron chi connectivity index (χ2n) is 2.97. The molecule has 1 heterocycles. The summed E-state index contributed by atoms with van der Waals surface area (Å²) in [7, 11) is 0. The van der Waals surface area contributed by atoms with E-state index in [9.17, 15) is 0 Å². The van der Waals surface area contributed by atoms with Crippen LogP contribution in [0.25, 0.3) is 11.3 Å². The van der Waals surface area contributed by atoms with Gasteiger partial charge in [0.05, 0.1) is 15.7 Å². The Hall–Kier alpha value is -0.540. The standard InChI is InChI=1S/C10H4Cl4N2/c11-5-1-6(12)10(7(13)2-5)8-3-9(14)16-4-15-8/h1-4H. The lowest BCUT2D eigenvalue weighted by atomic mass is 10.1. The Bertz CT molecular complexity index is 519. The topological polar surface area (TPSA) is 25.8 Å². The number of halogens is 4. The van der Waals surface area contributed by atoms with Crippen molar-refractivity contribution in [2.24, 2.45) is 0 Å². The molecule has 0 saturated heterocycles. The van der Waals surface area contributed by atoms with E-state index in [1.165, 1.54) is 6.33 Å². The molecular weight excluding hydrogens is 290 g/mol. The maximum Gasteiger partial charge on any atom is 0.133 e. The van der Waals surface area contributed by atoms with Gasteiger partial charge in [0, 0.05) is 16.7 Å². The molecule has 1 aromatic carbocycles. The molecule has 6 heteroatoms. The van der Waals surface area contributed by atoms with Gasteiger partial charge in [-0.15, -0.1) is 0 Å². The molecular formula is C10H4Cl4N2. The first kappa shape index (κ1) is 11.9. The fourth-order valence-electron chi connectivity index (χ4n) is 1.26. The van der Waals surface area contributed by atoms with Gasteiger partial charge in [-0.2, -0.15) is 0 Å². The summed E-state index contributed by atoms with van der Waals surface area (Å²) < 4.78 is 0. The van der Waals surface area contributed by atoms with E-state index in [0.29, 0.717) is 31.5 Å². The predicted octanol–water partition coefficient (Wildman–Crippen LogP) is 4.76. The first-order valence-corrected chi connectivity index (χ1v) is 5.71. The van der Waals surface area contributed by atoms with Crippen LogP contribution in [0, 0.1) is 0 Å². The minimum Gasteiger partial charge on any atom is -0.236 e. The van der Waals surface area contributed by atoms with Crippen LogP contribution in [0.1, 0.15) is 0 Å². The van der Waals surface area contributed by atoms with Crippen LogP contribution in [0.2, 0.25) is 20.2 Å². The van der Waals surface area contributed by atoms with Crippen LogP contribution in [0.3, 0.4) is 0 Å². The Morgan fingerprint density at radius 1 is 0.812 bits per heavy atom. The third-order valence-corrected chi connectivity index (χ3v) is 2.92. The van der Waals surface area contributed by atoms with Gasteiger partial charge in [0.2, 0.25) is 0 Å². The quantitative estimate of drug-likeness (QED) is 0.709. The van der Waals surface area contributed by atoms with Crippen LogP contribution >= 0.6 is 46.4 Å². The van der Waals surface area contributed by atoms with E-state index in [0.717, 1.165) is 0 Å². The molecule has 0 aliphatic rings. The summed E-state index contributed by atoms with van der Waals surface area (Å²) >= 11 is 23.7. The number of benzene rings is 1. The highest BCUT2D eigenvalue weighted by molar-refractivity contribution is 6.41. The zero-order valence-corrected chi connectivity index (χ0v) is 10.7. The van der Waals surface area contributed by atoms with Gasteiger partial charge >= 0.3 is 0 Å². The molecule has 1 aromatic heterocycles. The molecule has 0 spiro atoms. The third-order valence-electron chi connectivity index (χ3n) is 1.90. The van der Waals surface area contributed by atoms with Gasteiger partial charge in [-0.05, 0) is 12.1 Å². The highest BCUT2D eigenvalue weighted by Gasteiger charge is 2.11. The van der Waals surface area contributed by atoms with Gasteiger partial charge in [0.15, 0.2) is 0 Å². The second-order valence-corrected chi connectivity index (χ2v) is 4.61. The molecule has 2 aromatic rings. The number of hydrogen-bond acceptors (Lipinski definition) is 2. The van der Waals surface area contributed by atoms with Crippen molar-refractivity contribution in [1.82, 2.24) is 9.97 Å². The number of aromatic nitrogens is 2. The average molecular weight is 294 g/mol. The van der Waals surface area contributed by atoms with Gasteiger partial charge in [-0.1, -0.05) is 46.4 Å². The third kappa shape index (κ3) is 2.41. The fraction of sp³-hybridized carbons (Fsp3) is 0. The van der Waals surface area contributed by atoms with Crippen molar-refractivity contribution in [3.63, 3.8) is 0 Å². The molecule has 0 saturated carbocycles. The number of hydrogen-bond donors (Lipinski definition) is 0. The van der Waals surface area contributed by atoms with Gasteiger partial charge in [0.1, 0.15) is 11.5 Å². The van der Waals surface area contributed by atoms with Gasteiger partial charge in [0.25, 0.3) is 0 Å². The van der Waals surface area contributed by atoms with Crippen LogP contribution in [0.5, 0.6) is 0 Å². The Morgan fingerprint density at radius 2 is 1.44 bits per heavy atom. The predicted molar refractivity (Wildman–Crippen MR) is 67.5 cm³/mol. The summed E-state index contributed by atoms with van der Waals surface area (Å²) in [5, 5.41) is 1.64. The molecule has 0 N–H and O–H groups in total. The number of nitrogens with zero attached hydrogens (tertiary/aromatic N) is 2. The van der Waals surface area contributed by atoms with E-state index in [-0.39, 0.29) is 0 Å². The van der Waals surface area contributed by atoms with Crippen molar-refractivity contribution in [3.05, 3.63) is 44.7 Å². The van der Waals surface area contributed by atoms with E-state index in [2.05, 4.69) is 9.97 Å². The van der Waals surface area contributed by atoms with Crippen LogP contribution in [-0.4, -0.2) is 9.97 Å². The van der Waals surface area contributed by atoms with E-state index < -0.39 is 0 Å². The van der Waals surface area contributed by atoms with Crippen molar-refractivity contribution < 1.29 is 0 Å². The molecule has 0 aliphatic heterocycles. The van der Waals surface area contributed by atoms with Crippen LogP contribution in [0.4, 0.5) is 0 Å². The smallest absolute Gasteiger partial charge is 0.133 e. The average Bonchev–Trinajstić information content (AvgIpc) is 2.15. The molecule has 2 nitrogen and oxygen atoms in total. The minimum atomic E-state index is 0.326. The largest absolute Gasteiger partial charge is 0.236 e. The zero-order chi connectivity index (χ0) is 11.7. The summed E-state index contributed by atoms with van der Waals surface area (Å²) in [5.74, 6) is 0. The van der Waals surface area contributed by atoms with Crippen molar-refractivity contribution in [2.45, 2.75) is 0 Å². The monoisotopic (exact) mass is 292 g/mol. The van der Waals surface area contributed by atoms with E-state index in [4.69, 9.17) is 46.4 Å². The summed E-state index contributed by atoms with van der Waals surface area (Å²) in [5.41, 5.74) is 1.16. The SMILES string of the molecule is Clc1cc(Cl)c(-c2cc(Cl)ncn2)c(Cl)c1. The fourth-order valence-corrected chi connectivity index (χ4v) is 2.41. The maximum absolute atomic E-state index is 6.05. The highest BCUT2D eigenvalue weighted by atomic mass is 35.5. The molecule has 0 bridgehead atoms. The van der Waals surface area contributed by atoms with E-state index >= 15 is 0 Å². The van der Waals surface area contributed by atoms with Crippen molar-refractivity contribution in [3.8, 4) is 11.3 Å². The molecule has 0 amide bonds. The summed E-state index contributed by atoms with van der Waals surface area (Å²) in [6, 6.07) is 4.78. The lowest BCUT2D eigenvalue weighted by molar-refractivity contribution is 1.17. The van der Waals surface area contributed by atoms with Crippen molar-refractivity contribution in [1.29, 1.82) is 0 Å².